The summed E-state index contributed by atoms with van der Waals surface area (Å²) in [6.45, 7) is 0.261. The maximum Gasteiger partial charge on any atom is 0.318 e. The largest absolute Gasteiger partial charge is 0.496 e. The number of ether oxygens (including phenoxy) is 2. The van der Waals surface area contributed by atoms with E-state index in [-0.39, 0.29) is 25.8 Å². The SMILES string of the molecule is COc1ccc2c(O[C@@H]3C[C@H]4C(=O)N[C@]5(C(=O)NS(=O)(=O)C6CC6)C[C@H]5C=CCCCCC[C@H](NC(=O)N5CC(F)(F)C5)C(=O)N4C3)cc(-c3nc(C4CC4)cs3)nc2c1C. The zero-order valence-electron chi connectivity index (χ0n) is 34.0. The Morgan fingerprint density at radius 2 is 1.82 bits per heavy atom. The van der Waals surface area contributed by atoms with E-state index in [1.807, 2.05) is 36.6 Å². The molecule has 19 heteroatoms. The van der Waals surface area contributed by atoms with Gasteiger partial charge in [-0.05, 0) is 70.4 Å². The second-order valence-electron chi connectivity index (χ2n) is 17.4. The number of allylic oxidation sites excluding steroid dienone is 1. The minimum Gasteiger partial charge on any atom is -0.496 e. The molecule has 326 valence electrons. The second-order valence-corrected chi connectivity index (χ2v) is 20.2. The van der Waals surface area contributed by atoms with Crippen LogP contribution >= 0.6 is 11.3 Å². The van der Waals surface area contributed by atoms with Crippen LogP contribution in [0.15, 0.2) is 35.7 Å². The zero-order chi connectivity index (χ0) is 42.8. The van der Waals surface area contributed by atoms with Crippen molar-refractivity contribution in [3.05, 3.63) is 47.0 Å². The molecule has 0 unspecified atom stereocenters. The van der Waals surface area contributed by atoms with E-state index in [1.54, 1.807) is 13.2 Å². The zero-order valence-corrected chi connectivity index (χ0v) is 35.6. The lowest BCUT2D eigenvalue weighted by Crippen LogP contribution is -2.63. The number of carbonyl (C=O) groups excluding carboxylic acids is 4. The average Bonchev–Trinajstić information content (AvgIpc) is 4.17. The number of hydrogen-bond acceptors (Lipinski definition) is 11. The van der Waals surface area contributed by atoms with Gasteiger partial charge < -0.3 is 29.9 Å². The van der Waals surface area contributed by atoms with Gasteiger partial charge in [0.15, 0.2) is 0 Å². The molecule has 3 aromatic rings. The first-order valence-corrected chi connectivity index (χ1v) is 23.5. The first kappa shape index (κ1) is 41.4. The van der Waals surface area contributed by atoms with Gasteiger partial charge in [0.25, 0.3) is 11.8 Å². The highest BCUT2D eigenvalue weighted by Crippen LogP contribution is 2.47. The maximum absolute atomic E-state index is 14.7. The predicted molar refractivity (Wildman–Crippen MR) is 221 cm³/mol. The summed E-state index contributed by atoms with van der Waals surface area (Å²) < 4.78 is 68.0. The number of hydrogen-bond donors (Lipinski definition) is 3. The first-order valence-electron chi connectivity index (χ1n) is 21.0. The number of aromatic nitrogens is 2. The Balaban J connectivity index is 1.05. The van der Waals surface area contributed by atoms with Gasteiger partial charge in [0, 0.05) is 40.7 Å². The van der Waals surface area contributed by atoms with Crippen molar-refractivity contribution >= 4 is 56.0 Å². The molecule has 15 nitrogen and oxygen atoms in total. The fourth-order valence-corrected chi connectivity index (χ4v) is 10.9. The van der Waals surface area contributed by atoms with E-state index in [4.69, 9.17) is 19.4 Å². The van der Waals surface area contributed by atoms with Gasteiger partial charge >= 0.3 is 6.03 Å². The van der Waals surface area contributed by atoms with E-state index < -0.39 is 87.7 Å². The van der Waals surface area contributed by atoms with Gasteiger partial charge in [0.2, 0.25) is 21.8 Å². The Bertz CT molecular complexity index is 2410. The smallest absolute Gasteiger partial charge is 0.318 e. The Morgan fingerprint density at radius 1 is 1.03 bits per heavy atom. The third-order valence-corrected chi connectivity index (χ3v) is 15.4. The third-order valence-electron chi connectivity index (χ3n) is 12.7. The van der Waals surface area contributed by atoms with Crippen LogP contribution in [0.3, 0.4) is 0 Å². The van der Waals surface area contributed by atoms with Crippen LogP contribution in [-0.2, 0) is 24.4 Å². The van der Waals surface area contributed by atoms with E-state index in [2.05, 4.69) is 15.4 Å². The number of halogens is 2. The average molecular weight is 882 g/mol. The molecular weight excluding hydrogens is 833 g/mol. The van der Waals surface area contributed by atoms with Crippen molar-refractivity contribution in [2.75, 3.05) is 26.7 Å². The summed E-state index contributed by atoms with van der Waals surface area (Å²) in [4.78, 5) is 68.5. The molecule has 5 heterocycles. The molecule has 5 fully saturated rings. The highest BCUT2D eigenvalue weighted by Gasteiger charge is 2.62. The van der Waals surface area contributed by atoms with Crippen molar-refractivity contribution in [3.63, 3.8) is 0 Å². The molecule has 9 rings (SSSR count). The fraction of sp³-hybridized carbons (Fsp3) is 0.571. The highest BCUT2D eigenvalue weighted by atomic mass is 32.2. The Morgan fingerprint density at radius 3 is 2.54 bits per heavy atom. The molecule has 3 aliphatic heterocycles. The highest BCUT2D eigenvalue weighted by molar-refractivity contribution is 7.91. The summed E-state index contributed by atoms with van der Waals surface area (Å²) in [5, 5.41) is 8.30. The van der Waals surface area contributed by atoms with Crippen molar-refractivity contribution in [1.82, 2.24) is 35.1 Å². The number of benzene rings is 1. The van der Waals surface area contributed by atoms with E-state index in [0.717, 1.165) is 35.4 Å². The van der Waals surface area contributed by atoms with Gasteiger partial charge in [0.1, 0.15) is 45.9 Å². The van der Waals surface area contributed by atoms with Gasteiger partial charge in [-0.1, -0.05) is 25.0 Å². The van der Waals surface area contributed by atoms with Crippen LogP contribution in [0.1, 0.15) is 87.8 Å². The van der Waals surface area contributed by atoms with Crippen LogP contribution in [0.4, 0.5) is 13.6 Å². The number of alkyl halides is 2. The molecule has 0 bridgehead atoms. The molecule has 61 heavy (non-hydrogen) atoms. The minimum absolute atomic E-state index is 0.0213. The maximum atomic E-state index is 14.7. The lowest BCUT2D eigenvalue weighted by Gasteiger charge is -2.39. The number of aryl methyl sites for hydroxylation is 1. The van der Waals surface area contributed by atoms with Crippen molar-refractivity contribution in [3.8, 4) is 22.2 Å². The van der Waals surface area contributed by atoms with Gasteiger partial charge in [-0.25, -0.2) is 32.0 Å². The Kier molecular flexibility index (Phi) is 10.7. The standard InChI is InChI=1S/C42H49F2N7O8S2/c1-23-33(58-2)15-14-28-34(17-30(45-35(23)28)37-46-31(20-60-37)24-10-11-24)59-26-16-32-36(52)48-42(39(54)49-61(56,57)27-12-13-27)18-25(42)8-6-4-3-5-7-9-29(38(53)51(32)19-26)47-40(55)50-21-41(43,44)22-50/h6,8,14-15,17,20,24-27,29,32H,3-5,7,9-13,16,18-19,21-22H2,1-2H3,(H,47,55)(H,48,52)(H,49,54)/t25-,26-,29+,32+,42-/m1/s1. The van der Waals surface area contributed by atoms with Gasteiger partial charge in [-0.15, -0.1) is 11.3 Å². The van der Waals surface area contributed by atoms with Crippen LogP contribution in [0.25, 0.3) is 21.6 Å². The van der Waals surface area contributed by atoms with Crippen molar-refractivity contribution in [2.45, 2.75) is 118 Å². The summed E-state index contributed by atoms with van der Waals surface area (Å²) in [6, 6.07) is 2.28. The van der Waals surface area contributed by atoms with E-state index in [1.165, 1.54) is 16.2 Å². The lowest BCUT2D eigenvalue weighted by atomic mass is 10.0. The van der Waals surface area contributed by atoms with Gasteiger partial charge in [0.05, 0.1) is 43.2 Å². The molecule has 0 spiro atoms. The van der Waals surface area contributed by atoms with Crippen molar-refractivity contribution in [2.24, 2.45) is 5.92 Å². The van der Waals surface area contributed by atoms with E-state index >= 15 is 0 Å². The number of pyridine rings is 1. The number of rotatable bonds is 9. The molecule has 2 aromatic heterocycles. The number of nitrogens with zero attached hydrogens (tertiary/aromatic N) is 4. The molecule has 3 saturated carbocycles. The molecule has 5 amide bonds. The number of nitrogens with one attached hydrogen (secondary N) is 3. The summed E-state index contributed by atoms with van der Waals surface area (Å²) in [5.74, 6) is -4.12. The third kappa shape index (κ3) is 8.38. The second kappa shape index (κ2) is 15.8. The number of thiazole rings is 1. The number of fused-ring (bicyclic) bond motifs is 3. The van der Waals surface area contributed by atoms with E-state index in [0.29, 0.717) is 71.1 Å². The van der Waals surface area contributed by atoms with Crippen molar-refractivity contribution in [1.29, 1.82) is 0 Å². The topological polar surface area (TPSA) is 189 Å². The Hall–Kier alpha value is -4.91. The molecule has 2 saturated heterocycles. The van der Waals surface area contributed by atoms with Crippen molar-refractivity contribution < 1.29 is 45.9 Å². The molecule has 6 aliphatic rings. The van der Waals surface area contributed by atoms with Gasteiger partial charge in [-0.3, -0.25) is 19.1 Å². The number of sulfonamides is 1. The summed E-state index contributed by atoms with van der Waals surface area (Å²) in [7, 11) is -2.37. The molecule has 5 atom stereocenters. The molecule has 0 radical (unpaired) electrons. The number of urea groups is 1. The van der Waals surface area contributed by atoms with Crippen LogP contribution in [0.2, 0.25) is 0 Å². The van der Waals surface area contributed by atoms with Crippen LogP contribution < -0.4 is 24.8 Å². The summed E-state index contributed by atoms with van der Waals surface area (Å²) >= 11 is 1.49. The van der Waals surface area contributed by atoms with Gasteiger partial charge in [-0.2, -0.15) is 0 Å². The first-order chi connectivity index (χ1) is 29.1. The molecule has 1 aromatic carbocycles. The summed E-state index contributed by atoms with van der Waals surface area (Å²) in [5.41, 5.74) is 1.43. The number of methoxy groups -OCH3 is 1. The molecule has 3 aliphatic carbocycles. The predicted octanol–water partition coefficient (Wildman–Crippen LogP) is 4.93. The number of likely N-dealkylation sites (tertiary alicyclic amines) is 1. The van der Waals surface area contributed by atoms with E-state index in [9.17, 15) is 36.4 Å². The van der Waals surface area contributed by atoms with Crippen LogP contribution in [-0.4, -0.2) is 114 Å². The monoisotopic (exact) mass is 881 g/mol. The minimum atomic E-state index is -3.95. The normalized spacial score (nSPS) is 27.8. The molecular formula is C42H49F2N7O8S2. The quantitative estimate of drug-likeness (QED) is 0.249. The lowest BCUT2D eigenvalue weighted by molar-refractivity contribution is -0.141. The van der Waals surface area contributed by atoms with Crippen LogP contribution in [0.5, 0.6) is 11.5 Å². The Labute approximate surface area is 356 Å². The number of amides is 5. The fourth-order valence-electron chi connectivity index (χ4n) is 8.70. The van der Waals surface area contributed by atoms with Crippen LogP contribution in [0, 0.1) is 12.8 Å². The summed E-state index contributed by atoms with van der Waals surface area (Å²) in [6.07, 6.45) is 8.90. The number of carbonyl (C=O) groups is 4. The molecule has 3 N–H and O–H groups in total.